The van der Waals surface area contributed by atoms with Crippen molar-refractivity contribution in [2.24, 2.45) is 17.9 Å². The fourth-order valence-electron chi connectivity index (χ4n) is 1.94. The first-order valence-electron chi connectivity index (χ1n) is 6.08. The van der Waals surface area contributed by atoms with Crippen LogP contribution in [0, 0.1) is 0 Å². The van der Waals surface area contributed by atoms with E-state index in [1.807, 2.05) is 24.3 Å². The lowest BCUT2D eigenvalue weighted by Gasteiger charge is -2.07. The van der Waals surface area contributed by atoms with Crippen LogP contribution >= 0.6 is 11.8 Å². The SMILES string of the molecule is Cn1ncnc1Sc1cc(/C(N)=N/O)c2ccccc2n1. The van der Waals surface area contributed by atoms with Gasteiger partial charge in [0.1, 0.15) is 11.4 Å². The van der Waals surface area contributed by atoms with Gasteiger partial charge in [0, 0.05) is 18.0 Å². The monoisotopic (exact) mass is 300 g/mol. The largest absolute Gasteiger partial charge is 0.409 e. The zero-order valence-electron chi connectivity index (χ0n) is 11.1. The molecule has 0 unspecified atom stereocenters. The van der Waals surface area contributed by atoms with Crippen molar-refractivity contribution < 1.29 is 5.21 Å². The van der Waals surface area contributed by atoms with Gasteiger partial charge in [-0.05, 0) is 23.9 Å². The molecule has 7 nitrogen and oxygen atoms in total. The first-order valence-corrected chi connectivity index (χ1v) is 6.90. The van der Waals surface area contributed by atoms with Crippen LogP contribution in [0.2, 0.25) is 0 Å². The van der Waals surface area contributed by atoms with E-state index in [1.165, 1.54) is 18.1 Å². The van der Waals surface area contributed by atoms with Crippen LogP contribution < -0.4 is 5.73 Å². The molecule has 21 heavy (non-hydrogen) atoms. The Bertz CT molecular complexity index is 828. The third-order valence-electron chi connectivity index (χ3n) is 2.94. The smallest absolute Gasteiger partial charge is 0.192 e. The Morgan fingerprint density at radius 3 is 2.90 bits per heavy atom. The highest BCUT2D eigenvalue weighted by molar-refractivity contribution is 7.99. The normalized spacial score (nSPS) is 12.0. The van der Waals surface area contributed by atoms with Crippen molar-refractivity contribution in [3.63, 3.8) is 0 Å². The summed E-state index contributed by atoms with van der Waals surface area (Å²) in [5.74, 6) is 0.0495. The minimum Gasteiger partial charge on any atom is -0.409 e. The predicted octanol–water partition coefficient (Wildman–Crippen LogP) is 1.61. The Hall–Kier alpha value is -2.61. The highest BCUT2D eigenvalue weighted by Crippen LogP contribution is 2.28. The van der Waals surface area contributed by atoms with Crippen LogP contribution in [0.15, 0.2) is 52.0 Å². The number of nitrogens with zero attached hydrogens (tertiary/aromatic N) is 5. The molecule has 3 aromatic rings. The van der Waals surface area contributed by atoms with Crippen molar-refractivity contribution >= 4 is 28.5 Å². The molecule has 2 heterocycles. The van der Waals surface area contributed by atoms with E-state index in [4.69, 9.17) is 10.9 Å². The van der Waals surface area contributed by atoms with Crippen LogP contribution in [0.3, 0.4) is 0 Å². The quantitative estimate of drug-likeness (QED) is 0.330. The minimum atomic E-state index is 0.0495. The van der Waals surface area contributed by atoms with Gasteiger partial charge in [-0.25, -0.2) is 14.6 Å². The average Bonchev–Trinajstić information content (AvgIpc) is 2.91. The van der Waals surface area contributed by atoms with E-state index in [9.17, 15) is 0 Å². The number of nitrogens with two attached hydrogens (primary N) is 1. The maximum absolute atomic E-state index is 8.95. The zero-order chi connectivity index (χ0) is 14.8. The van der Waals surface area contributed by atoms with Gasteiger partial charge < -0.3 is 10.9 Å². The molecular weight excluding hydrogens is 288 g/mol. The van der Waals surface area contributed by atoms with E-state index >= 15 is 0 Å². The number of aryl methyl sites for hydroxylation is 1. The lowest BCUT2D eigenvalue weighted by atomic mass is 10.1. The van der Waals surface area contributed by atoms with Gasteiger partial charge in [-0.15, -0.1) is 0 Å². The molecule has 8 heteroatoms. The molecule has 0 fully saturated rings. The predicted molar refractivity (Wildman–Crippen MR) is 79.4 cm³/mol. The van der Waals surface area contributed by atoms with Crippen molar-refractivity contribution in [3.05, 3.63) is 42.2 Å². The Kier molecular flexibility index (Phi) is 3.44. The molecule has 0 radical (unpaired) electrons. The maximum atomic E-state index is 8.95. The summed E-state index contributed by atoms with van der Waals surface area (Å²) >= 11 is 1.36. The zero-order valence-corrected chi connectivity index (χ0v) is 11.9. The molecule has 0 spiro atoms. The van der Waals surface area contributed by atoms with Crippen LogP contribution in [0.25, 0.3) is 10.9 Å². The van der Waals surface area contributed by atoms with Crippen molar-refractivity contribution in [3.8, 4) is 0 Å². The van der Waals surface area contributed by atoms with Crippen LogP contribution in [-0.4, -0.2) is 30.8 Å². The lowest BCUT2D eigenvalue weighted by Crippen LogP contribution is -2.14. The van der Waals surface area contributed by atoms with Crippen LogP contribution in [0.1, 0.15) is 5.56 Å². The van der Waals surface area contributed by atoms with Crippen molar-refractivity contribution in [2.75, 3.05) is 0 Å². The third kappa shape index (κ3) is 2.52. The molecule has 3 rings (SSSR count). The Morgan fingerprint density at radius 1 is 1.38 bits per heavy atom. The van der Waals surface area contributed by atoms with Gasteiger partial charge in [0.2, 0.25) is 0 Å². The number of rotatable bonds is 3. The number of oxime groups is 1. The van der Waals surface area contributed by atoms with Gasteiger partial charge in [-0.2, -0.15) is 5.10 Å². The van der Waals surface area contributed by atoms with Gasteiger partial charge in [-0.3, -0.25) is 0 Å². The Labute approximate surface area is 124 Å². The van der Waals surface area contributed by atoms with E-state index in [1.54, 1.807) is 17.8 Å². The Morgan fingerprint density at radius 2 is 2.19 bits per heavy atom. The van der Waals surface area contributed by atoms with Gasteiger partial charge in [0.05, 0.1) is 5.52 Å². The summed E-state index contributed by atoms with van der Waals surface area (Å²) in [5.41, 5.74) is 7.16. The molecule has 2 aromatic heterocycles. The number of hydrogen-bond acceptors (Lipinski definition) is 6. The topological polar surface area (TPSA) is 102 Å². The number of benzene rings is 1. The van der Waals surface area contributed by atoms with Crippen LogP contribution in [-0.2, 0) is 7.05 Å². The molecule has 0 saturated carbocycles. The number of aromatic nitrogens is 4. The number of para-hydroxylation sites is 1. The van der Waals surface area contributed by atoms with Crippen molar-refractivity contribution in [1.82, 2.24) is 19.7 Å². The van der Waals surface area contributed by atoms with Crippen molar-refractivity contribution in [1.29, 1.82) is 0 Å². The molecule has 0 atom stereocenters. The number of amidine groups is 1. The number of fused-ring (bicyclic) bond motifs is 1. The van der Waals surface area contributed by atoms with E-state index in [0.717, 1.165) is 10.9 Å². The van der Waals surface area contributed by atoms with E-state index in [2.05, 4.69) is 20.2 Å². The molecule has 1 aromatic carbocycles. The minimum absolute atomic E-state index is 0.0495. The summed E-state index contributed by atoms with van der Waals surface area (Å²) < 4.78 is 1.66. The number of pyridine rings is 1. The average molecular weight is 300 g/mol. The van der Waals surface area contributed by atoms with E-state index in [0.29, 0.717) is 15.7 Å². The fourth-order valence-corrected chi connectivity index (χ4v) is 2.73. The molecule has 0 amide bonds. The first-order chi connectivity index (χ1) is 10.2. The fraction of sp³-hybridized carbons (Fsp3) is 0.0769. The van der Waals surface area contributed by atoms with Gasteiger partial charge in [0.15, 0.2) is 11.0 Å². The third-order valence-corrected chi connectivity index (χ3v) is 3.91. The van der Waals surface area contributed by atoms with Gasteiger partial charge in [0.25, 0.3) is 0 Å². The first kappa shape index (κ1) is 13.4. The standard InChI is InChI=1S/C13H12N6OS/c1-19-13(15-7-16-19)21-11-6-9(12(14)18-20)8-4-2-3-5-10(8)17-11/h2-7,20H,1H3,(H2,14,18). The highest BCUT2D eigenvalue weighted by Gasteiger charge is 2.12. The molecule has 106 valence electrons. The summed E-state index contributed by atoms with van der Waals surface area (Å²) in [6, 6.07) is 9.31. The van der Waals surface area contributed by atoms with Gasteiger partial charge in [-0.1, -0.05) is 23.4 Å². The van der Waals surface area contributed by atoms with Crippen molar-refractivity contribution in [2.45, 2.75) is 10.2 Å². The van der Waals surface area contributed by atoms with Gasteiger partial charge >= 0.3 is 0 Å². The Balaban J connectivity index is 2.14. The summed E-state index contributed by atoms with van der Waals surface area (Å²) in [7, 11) is 1.81. The van der Waals surface area contributed by atoms with Crippen LogP contribution in [0.4, 0.5) is 0 Å². The number of hydrogen-bond donors (Lipinski definition) is 2. The molecule has 0 bridgehead atoms. The second-order valence-corrected chi connectivity index (χ2v) is 5.27. The lowest BCUT2D eigenvalue weighted by molar-refractivity contribution is 0.318. The highest BCUT2D eigenvalue weighted by atomic mass is 32.2. The molecule has 3 N–H and O–H groups in total. The molecule has 0 aliphatic heterocycles. The molecule has 0 saturated heterocycles. The maximum Gasteiger partial charge on any atom is 0.192 e. The second-order valence-electron chi connectivity index (χ2n) is 4.28. The summed E-state index contributed by atoms with van der Waals surface area (Å²) in [6.45, 7) is 0. The second kappa shape index (κ2) is 5.41. The summed E-state index contributed by atoms with van der Waals surface area (Å²) in [4.78, 5) is 8.71. The summed E-state index contributed by atoms with van der Waals surface area (Å²) in [5, 5.41) is 18.3. The van der Waals surface area contributed by atoms with Crippen LogP contribution in [0.5, 0.6) is 0 Å². The molecule has 0 aliphatic carbocycles. The molecular formula is C13H12N6OS. The summed E-state index contributed by atoms with van der Waals surface area (Å²) in [6.07, 6.45) is 1.48. The van der Waals surface area contributed by atoms with E-state index in [-0.39, 0.29) is 5.84 Å². The van der Waals surface area contributed by atoms with E-state index < -0.39 is 0 Å². The molecule has 0 aliphatic rings.